The Labute approximate surface area is 101 Å². The summed E-state index contributed by atoms with van der Waals surface area (Å²) in [6.45, 7) is 4.60. The van der Waals surface area contributed by atoms with E-state index >= 15 is 0 Å². The standard InChI is InChI=1S/C14H28N2/c1-3-4-5-6-7-8-9-10-13-16-14-11-12-15(16)2/h11-12H,3-10,13-14H2,1-2H3. The van der Waals surface area contributed by atoms with E-state index in [1.165, 1.54) is 57.9 Å². The van der Waals surface area contributed by atoms with Gasteiger partial charge < -0.3 is 5.01 Å². The van der Waals surface area contributed by atoms with Gasteiger partial charge in [0.1, 0.15) is 0 Å². The van der Waals surface area contributed by atoms with Gasteiger partial charge in [-0.1, -0.05) is 57.9 Å². The Hall–Kier alpha value is -0.500. The Kier molecular flexibility index (Phi) is 7.32. The van der Waals surface area contributed by atoms with Crippen molar-refractivity contribution in [2.75, 3.05) is 20.1 Å². The van der Waals surface area contributed by atoms with Gasteiger partial charge in [-0.3, -0.25) is 0 Å². The van der Waals surface area contributed by atoms with Crippen LogP contribution in [0.3, 0.4) is 0 Å². The molecule has 1 aliphatic heterocycles. The maximum Gasteiger partial charge on any atom is 0.0378 e. The van der Waals surface area contributed by atoms with Crippen LogP contribution in [0.15, 0.2) is 12.3 Å². The van der Waals surface area contributed by atoms with Crippen molar-refractivity contribution in [3.05, 3.63) is 12.3 Å². The van der Waals surface area contributed by atoms with Crippen LogP contribution in [-0.4, -0.2) is 30.2 Å². The molecule has 0 spiro atoms. The summed E-state index contributed by atoms with van der Waals surface area (Å²) in [5.74, 6) is 0. The largest absolute Gasteiger partial charge is 0.316 e. The smallest absolute Gasteiger partial charge is 0.0378 e. The SMILES string of the molecule is CCCCCCCCCCN1CC=CN1C. The summed E-state index contributed by atoms with van der Waals surface area (Å²) in [6.07, 6.45) is 15.7. The first-order valence-electron chi connectivity index (χ1n) is 6.99. The molecular formula is C14H28N2. The van der Waals surface area contributed by atoms with Crippen molar-refractivity contribution >= 4 is 0 Å². The molecule has 0 saturated carbocycles. The van der Waals surface area contributed by atoms with E-state index in [4.69, 9.17) is 0 Å². The fraction of sp³-hybridized carbons (Fsp3) is 0.857. The van der Waals surface area contributed by atoms with Gasteiger partial charge in [0.2, 0.25) is 0 Å². The Morgan fingerprint density at radius 2 is 1.56 bits per heavy atom. The molecule has 16 heavy (non-hydrogen) atoms. The highest BCUT2D eigenvalue weighted by molar-refractivity contribution is 4.89. The van der Waals surface area contributed by atoms with E-state index in [1.807, 2.05) is 0 Å². The average Bonchev–Trinajstić information content (AvgIpc) is 2.68. The highest BCUT2D eigenvalue weighted by Gasteiger charge is 2.09. The summed E-state index contributed by atoms with van der Waals surface area (Å²) >= 11 is 0. The van der Waals surface area contributed by atoms with E-state index in [1.54, 1.807) is 0 Å². The van der Waals surface area contributed by atoms with Gasteiger partial charge in [-0.05, 0) is 6.42 Å². The highest BCUT2D eigenvalue weighted by atomic mass is 15.6. The van der Waals surface area contributed by atoms with Gasteiger partial charge in [-0.15, -0.1) is 0 Å². The molecule has 0 N–H and O–H groups in total. The van der Waals surface area contributed by atoms with E-state index in [0.717, 1.165) is 6.54 Å². The quantitative estimate of drug-likeness (QED) is 0.550. The molecule has 94 valence electrons. The lowest BCUT2D eigenvalue weighted by Crippen LogP contribution is -2.32. The number of hydrazine groups is 1. The van der Waals surface area contributed by atoms with Crippen molar-refractivity contribution < 1.29 is 0 Å². The second-order valence-electron chi connectivity index (χ2n) is 4.85. The molecule has 0 atom stereocenters. The highest BCUT2D eigenvalue weighted by Crippen LogP contribution is 2.10. The third kappa shape index (κ3) is 5.55. The maximum atomic E-state index is 2.40. The summed E-state index contributed by atoms with van der Waals surface area (Å²) in [7, 11) is 2.13. The van der Waals surface area contributed by atoms with Crippen molar-refractivity contribution in [2.24, 2.45) is 0 Å². The zero-order chi connectivity index (χ0) is 11.6. The third-order valence-corrected chi connectivity index (χ3v) is 3.35. The second-order valence-corrected chi connectivity index (χ2v) is 4.85. The van der Waals surface area contributed by atoms with Crippen LogP contribution < -0.4 is 0 Å². The number of rotatable bonds is 9. The van der Waals surface area contributed by atoms with Crippen LogP contribution in [0.4, 0.5) is 0 Å². The maximum absolute atomic E-state index is 2.40. The zero-order valence-electron chi connectivity index (χ0n) is 11.1. The molecule has 2 heteroatoms. The molecule has 0 saturated heterocycles. The molecule has 0 aromatic carbocycles. The van der Waals surface area contributed by atoms with Gasteiger partial charge in [0.05, 0.1) is 0 Å². The summed E-state index contributed by atoms with van der Waals surface area (Å²) in [6, 6.07) is 0. The van der Waals surface area contributed by atoms with Gasteiger partial charge in [-0.25, -0.2) is 5.01 Å². The minimum Gasteiger partial charge on any atom is -0.316 e. The van der Waals surface area contributed by atoms with Crippen LogP contribution in [0.25, 0.3) is 0 Å². The molecule has 0 bridgehead atoms. The number of nitrogens with zero attached hydrogens (tertiary/aromatic N) is 2. The lowest BCUT2D eigenvalue weighted by molar-refractivity contribution is 0.0779. The Balaban J connectivity index is 1.81. The van der Waals surface area contributed by atoms with Crippen LogP contribution in [0, 0.1) is 0 Å². The van der Waals surface area contributed by atoms with Crippen molar-refractivity contribution in [1.82, 2.24) is 10.0 Å². The van der Waals surface area contributed by atoms with Crippen LogP contribution in [0.1, 0.15) is 58.3 Å². The van der Waals surface area contributed by atoms with Crippen molar-refractivity contribution in [3.63, 3.8) is 0 Å². The van der Waals surface area contributed by atoms with E-state index in [0.29, 0.717) is 0 Å². The molecule has 0 aromatic heterocycles. The zero-order valence-corrected chi connectivity index (χ0v) is 11.1. The lowest BCUT2D eigenvalue weighted by Gasteiger charge is -2.24. The molecule has 0 amide bonds. The summed E-state index contributed by atoms with van der Waals surface area (Å²) < 4.78 is 0. The van der Waals surface area contributed by atoms with Gasteiger partial charge >= 0.3 is 0 Å². The number of hydrogen-bond donors (Lipinski definition) is 0. The van der Waals surface area contributed by atoms with Gasteiger partial charge in [0.25, 0.3) is 0 Å². The second kappa shape index (κ2) is 8.63. The van der Waals surface area contributed by atoms with E-state index in [2.05, 4.69) is 36.3 Å². The van der Waals surface area contributed by atoms with Crippen molar-refractivity contribution in [3.8, 4) is 0 Å². The number of unbranched alkanes of at least 4 members (excludes halogenated alkanes) is 7. The summed E-state index contributed by atoms with van der Waals surface area (Å²) in [4.78, 5) is 0. The Bertz CT molecular complexity index is 189. The predicted octanol–water partition coefficient (Wildman–Crippen LogP) is 3.80. The Morgan fingerprint density at radius 1 is 0.938 bits per heavy atom. The van der Waals surface area contributed by atoms with E-state index in [-0.39, 0.29) is 0 Å². The van der Waals surface area contributed by atoms with E-state index < -0.39 is 0 Å². The number of hydrogen-bond acceptors (Lipinski definition) is 2. The Morgan fingerprint density at radius 3 is 2.12 bits per heavy atom. The van der Waals surface area contributed by atoms with Crippen molar-refractivity contribution in [2.45, 2.75) is 58.3 Å². The van der Waals surface area contributed by atoms with Crippen molar-refractivity contribution in [1.29, 1.82) is 0 Å². The minimum atomic E-state index is 1.10. The average molecular weight is 224 g/mol. The monoisotopic (exact) mass is 224 g/mol. The summed E-state index contributed by atoms with van der Waals surface area (Å²) in [5, 5.41) is 4.61. The minimum absolute atomic E-state index is 1.10. The van der Waals surface area contributed by atoms with Crippen LogP contribution >= 0.6 is 0 Å². The molecule has 0 radical (unpaired) electrons. The molecule has 0 aromatic rings. The molecule has 2 nitrogen and oxygen atoms in total. The molecule has 1 rings (SSSR count). The molecule has 0 aliphatic carbocycles. The first-order valence-corrected chi connectivity index (χ1v) is 6.99. The normalized spacial score (nSPS) is 16.2. The molecule has 1 heterocycles. The fourth-order valence-corrected chi connectivity index (χ4v) is 2.22. The van der Waals surface area contributed by atoms with Gasteiger partial charge in [0, 0.05) is 26.3 Å². The van der Waals surface area contributed by atoms with Gasteiger partial charge in [-0.2, -0.15) is 0 Å². The topological polar surface area (TPSA) is 6.48 Å². The first-order chi connectivity index (χ1) is 7.84. The lowest BCUT2D eigenvalue weighted by atomic mass is 10.1. The van der Waals surface area contributed by atoms with Crippen LogP contribution in [0.5, 0.6) is 0 Å². The molecule has 1 aliphatic rings. The predicted molar refractivity (Wildman–Crippen MR) is 71.1 cm³/mol. The fourth-order valence-electron chi connectivity index (χ4n) is 2.22. The van der Waals surface area contributed by atoms with Crippen LogP contribution in [0.2, 0.25) is 0 Å². The van der Waals surface area contributed by atoms with Crippen LogP contribution in [-0.2, 0) is 0 Å². The first kappa shape index (κ1) is 13.6. The summed E-state index contributed by atoms with van der Waals surface area (Å²) in [5.41, 5.74) is 0. The molecule has 0 unspecified atom stereocenters. The van der Waals surface area contributed by atoms with E-state index in [9.17, 15) is 0 Å². The van der Waals surface area contributed by atoms with Gasteiger partial charge in [0.15, 0.2) is 0 Å². The molecular weight excluding hydrogens is 196 g/mol. The molecule has 0 fully saturated rings. The third-order valence-electron chi connectivity index (χ3n) is 3.35.